The van der Waals surface area contributed by atoms with Crippen LogP contribution in [0.25, 0.3) is 16.8 Å². The highest BCUT2D eigenvalue weighted by molar-refractivity contribution is 5.99. The Bertz CT molecular complexity index is 564. The first-order valence-corrected chi connectivity index (χ1v) is 5.14. The number of benzene rings is 2. The molecule has 0 aliphatic carbocycles. The molecule has 0 spiro atoms. The van der Waals surface area contributed by atoms with Crippen LogP contribution in [0.4, 0.5) is 0 Å². The smallest absolute Gasteiger partial charge is 0.244 e. The van der Waals surface area contributed by atoms with E-state index in [-0.39, 0.29) is 5.91 Å². The predicted octanol–water partition coefficient (Wildman–Crippen LogP) is 2.73. The van der Waals surface area contributed by atoms with Gasteiger partial charge in [-0.1, -0.05) is 42.5 Å². The minimum Gasteiger partial charge on any atom is -0.366 e. The number of nitrogens with two attached hydrogens (primary N) is 1. The Kier molecular flexibility index (Phi) is 2.73. The summed E-state index contributed by atoms with van der Waals surface area (Å²) in [6, 6.07) is 14.1. The fourth-order valence-corrected chi connectivity index (χ4v) is 1.68. The van der Waals surface area contributed by atoms with Gasteiger partial charge in [-0.3, -0.25) is 4.79 Å². The predicted molar refractivity (Wildman–Crippen MR) is 66.8 cm³/mol. The average Bonchev–Trinajstić information content (AvgIpc) is 2.29. The van der Waals surface area contributed by atoms with Gasteiger partial charge in [-0.05, 0) is 29.3 Å². The van der Waals surface area contributed by atoms with Crippen LogP contribution >= 0.6 is 0 Å². The second kappa shape index (κ2) is 4.19. The molecule has 0 aliphatic rings. The summed E-state index contributed by atoms with van der Waals surface area (Å²) in [7, 11) is 0. The molecular weight excluding hydrogens is 198 g/mol. The Hall–Kier alpha value is -2.09. The second-order valence-electron chi connectivity index (χ2n) is 3.76. The van der Waals surface area contributed by atoms with Crippen molar-refractivity contribution in [3.8, 4) is 0 Å². The summed E-state index contributed by atoms with van der Waals surface area (Å²) in [6.07, 6.45) is 1.82. The van der Waals surface area contributed by atoms with Gasteiger partial charge < -0.3 is 5.73 Å². The van der Waals surface area contributed by atoms with Crippen LogP contribution in [0.3, 0.4) is 0 Å². The third-order valence-corrected chi connectivity index (χ3v) is 2.58. The van der Waals surface area contributed by atoms with Crippen LogP contribution in [-0.4, -0.2) is 5.91 Å². The molecule has 1 amide bonds. The van der Waals surface area contributed by atoms with Crippen LogP contribution in [0.5, 0.6) is 0 Å². The van der Waals surface area contributed by atoms with Crippen LogP contribution in [0.1, 0.15) is 12.5 Å². The molecule has 0 heterocycles. The van der Waals surface area contributed by atoms with Crippen molar-refractivity contribution in [2.45, 2.75) is 6.92 Å². The fraction of sp³-hybridized carbons (Fsp3) is 0.0714. The Morgan fingerprint density at radius 2 is 1.81 bits per heavy atom. The summed E-state index contributed by atoms with van der Waals surface area (Å²) < 4.78 is 0. The van der Waals surface area contributed by atoms with E-state index in [2.05, 4.69) is 0 Å². The van der Waals surface area contributed by atoms with Gasteiger partial charge in [0, 0.05) is 5.57 Å². The van der Waals surface area contributed by atoms with Crippen molar-refractivity contribution in [2.24, 2.45) is 5.73 Å². The monoisotopic (exact) mass is 211 g/mol. The third kappa shape index (κ3) is 1.96. The minimum absolute atomic E-state index is 0.382. The van der Waals surface area contributed by atoms with E-state index in [0.29, 0.717) is 5.57 Å². The second-order valence-corrected chi connectivity index (χ2v) is 3.76. The normalized spacial score (nSPS) is 11.7. The van der Waals surface area contributed by atoms with E-state index in [4.69, 9.17) is 5.73 Å². The van der Waals surface area contributed by atoms with Crippen molar-refractivity contribution in [3.05, 3.63) is 53.6 Å². The molecule has 0 bridgehead atoms. The lowest BCUT2D eigenvalue weighted by molar-refractivity contribution is -0.114. The SMILES string of the molecule is C/C(=C\c1cccc2ccccc12)C(N)=O. The maximum Gasteiger partial charge on any atom is 0.244 e. The molecule has 2 heteroatoms. The third-order valence-electron chi connectivity index (χ3n) is 2.58. The van der Waals surface area contributed by atoms with E-state index in [1.54, 1.807) is 6.92 Å². The summed E-state index contributed by atoms with van der Waals surface area (Å²) in [4.78, 5) is 11.0. The van der Waals surface area contributed by atoms with Crippen molar-refractivity contribution in [1.82, 2.24) is 0 Å². The van der Waals surface area contributed by atoms with Crippen LogP contribution in [0.15, 0.2) is 48.0 Å². The Morgan fingerprint density at radius 1 is 1.12 bits per heavy atom. The molecular formula is C14H13NO. The van der Waals surface area contributed by atoms with Gasteiger partial charge >= 0.3 is 0 Å². The first-order chi connectivity index (χ1) is 7.68. The zero-order valence-electron chi connectivity index (χ0n) is 9.10. The number of hydrogen-bond donors (Lipinski definition) is 1. The first-order valence-electron chi connectivity index (χ1n) is 5.14. The number of amides is 1. The van der Waals surface area contributed by atoms with E-state index in [1.165, 1.54) is 0 Å². The topological polar surface area (TPSA) is 43.1 Å². The van der Waals surface area contributed by atoms with E-state index in [0.717, 1.165) is 16.3 Å². The summed E-state index contributed by atoms with van der Waals surface area (Å²) in [6.45, 7) is 1.73. The van der Waals surface area contributed by atoms with Crippen molar-refractivity contribution in [3.63, 3.8) is 0 Å². The van der Waals surface area contributed by atoms with Crippen LogP contribution in [0.2, 0.25) is 0 Å². The van der Waals surface area contributed by atoms with Crippen molar-refractivity contribution >= 4 is 22.8 Å². The van der Waals surface area contributed by atoms with Gasteiger partial charge in [-0.2, -0.15) is 0 Å². The van der Waals surface area contributed by atoms with Crippen LogP contribution in [-0.2, 0) is 4.79 Å². The van der Waals surface area contributed by atoms with Gasteiger partial charge in [0.05, 0.1) is 0 Å². The molecule has 0 saturated heterocycles. The number of carbonyl (C=O) groups excluding carboxylic acids is 1. The molecule has 16 heavy (non-hydrogen) atoms. The highest BCUT2D eigenvalue weighted by Crippen LogP contribution is 2.20. The number of rotatable bonds is 2. The quantitative estimate of drug-likeness (QED) is 0.762. The molecule has 0 aromatic heterocycles. The lowest BCUT2D eigenvalue weighted by Gasteiger charge is -2.02. The van der Waals surface area contributed by atoms with Crippen molar-refractivity contribution in [1.29, 1.82) is 0 Å². The number of hydrogen-bond acceptors (Lipinski definition) is 1. The molecule has 2 nitrogen and oxygen atoms in total. The van der Waals surface area contributed by atoms with Gasteiger partial charge in [0.15, 0.2) is 0 Å². The maximum atomic E-state index is 11.0. The molecule has 2 aromatic rings. The van der Waals surface area contributed by atoms with E-state index >= 15 is 0 Å². The van der Waals surface area contributed by atoms with E-state index in [1.807, 2.05) is 48.5 Å². The summed E-state index contributed by atoms with van der Waals surface area (Å²) in [5.74, 6) is -0.382. The molecule has 0 saturated carbocycles. The molecule has 2 rings (SSSR count). The molecule has 0 unspecified atom stereocenters. The standard InChI is InChI=1S/C14H13NO/c1-10(14(15)16)9-12-7-4-6-11-5-2-3-8-13(11)12/h2-9H,1H3,(H2,15,16)/b10-9+. The lowest BCUT2D eigenvalue weighted by Crippen LogP contribution is -2.11. The molecule has 80 valence electrons. The van der Waals surface area contributed by atoms with Crippen LogP contribution < -0.4 is 5.73 Å². The number of primary amides is 1. The largest absolute Gasteiger partial charge is 0.366 e. The molecule has 2 N–H and O–H groups in total. The van der Waals surface area contributed by atoms with E-state index in [9.17, 15) is 4.79 Å². The number of fused-ring (bicyclic) bond motifs is 1. The molecule has 2 aromatic carbocycles. The Balaban J connectivity index is 2.61. The summed E-state index contributed by atoms with van der Waals surface area (Å²) in [5.41, 5.74) is 6.81. The Morgan fingerprint density at radius 3 is 2.56 bits per heavy atom. The highest BCUT2D eigenvalue weighted by Gasteiger charge is 2.00. The zero-order valence-corrected chi connectivity index (χ0v) is 9.10. The molecule has 0 fully saturated rings. The first kappa shape index (κ1) is 10.4. The lowest BCUT2D eigenvalue weighted by atomic mass is 10.0. The van der Waals surface area contributed by atoms with Gasteiger partial charge in [0.2, 0.25) is 5.91 Å². The number of carbonyl (C=O) groups is 1. The van der Waals surface area contributed by atoms with Gasteiger partial charge in [-0.15, -0.1) is 0 Å². The summed E-state index contributed by atoms with van der Waals surface area (Å²) in [5, 5.41) is 2.29. The Labute approximate surface area is 94.4 Å². The van der Waals surface area contributed by atoms with Crippen molar-refractivity contribution in [2.75, 3.05) is 0 Å². The summed E-state index contributed by atoms with van der Waals surface area (Å²) >= 11 is 0. The van der Waals surface area contributed by atoms with Gasteiger partial charge in [-0.25, -0.2) is 0 Å². The molecule has 0 aliphatic heterocycles. The van der Waals surface area contributed by atoms with E-state index < -0.39 is 0 Å². The van der Waals surface area contributed by atoms with Crippen molar-refractivity contribution < 1.29 is 4.79 Å². The maximum absolute atomic E-state index is 11.0. The molecule has 0 atom stereocenters. The van der Waals surface area contributed by atoms with Gasteiger partial charge in [0.1, 0.15) is 0 Å². The highest BCUT2D eigenvalue weighted by atomic mass is 16.1. The zero-order chi connectivity index (χ0) is 11.5. The fourth-order valence-electron chi connectivity index (χ4n) is 1.68. The average molecular weight is 211 g/mol. The van der Waals surface area contributed by atoms with Gasteiger partial charge in [0.25, 0.3) is 0 Å². The minimum atomic E-state index is -0.382. The van der Waals surface area contributed by atoms with Crippen LogP contribution in [0, 0.1) is 0 Å². The molecule has 0 radical (unpaired) electrons.